The zero-order valence-electron chi connectivity index (χ0n) is 8.75. The molecule has 0 amide bonds. The second kappa shape index (κ2) is 5.99. The normalized spacial score (nSPS) is 9.12. The average Bonchev–Trinajstić information content (AvgIpc) is 2.26. The summed E-state index contributed by atoms with van der Waals surface area (Å²) in [6.45, 7) is 2.40. The SMILES string of the molecule is CC#CCCNc1ncc(C(=O)O)cc1Cl. The summed E-state index contributed by atoms with van der Waals surface area (Å²) in [6, 6.07) is 1.37. The first-order valence-electron chi connectivity index (χ1n) is 4.67. The number of nitrogens with zero attached hydrogens (tertiary/aromatic N) is 1. The monoisotopic (exact) mass is 238 g/mol. The molecule has 1 aromatic rings. The molecule has 0 bridgehead atoms. The number of rotatable bonds is 4. The van der Waals surface area contributed by atoms with E-state index in [4.69, 9.17) is 16.7 Å². The van der Waals surface area contributed by atoms with E-state index in [0.29, 0.717) is 23.8 Å². The van der Waals surface area contributed by atoms with Crippen molar-refractivity contribution in [3.63, 3.8) is 0 Å². The lowest BCUT2D eigenvalue weighted by atomic mass is 10.3. The van der Waals surface area contributed by atoms with Gasteiger partial charge in [0.15, 0.2) is 0 Å². The summed E-state index contributed by atoms with van der Waals surface area (Å²) in [7, 11) is 0. The number of aromatic nitrogens is 1. The molecular formula is C11H11ClN2O2. The van der Waals surface area contributed by atoms with E-state index in [-0.39, 0.29) is 5.56 Å². The van der Waals surface area contributed by atoms with Crippen LogP contribution in [0.4, 0.5) is 5.82 Å². The van der Waals surface area contributed by atoms with E-state index < -0.39 is 5.97 Å². The predicted molar refractivity (Wildman–Crippen MR) is 62.8 cm³/mol. The second-order valence-electron chi connectivity index (χ2n) is 2.96. The van der Waals surface area contributed by atoms with Crippen LogP contribution in [0.2, 0.25) is 5.02 Å². The molecule has 0 aliphatic rings. The zero-order valence-corrected chi connectivity index (χ0v) is 9.51. The van der Waals surface area contributed by atoms with Gasteiger partial charge in [-0.05, 0) is 13.0 Å². The molecule has 4 nitrogen and oxygen atoms in total. The first-order chi connectivity index (χ1) is 7.65. The fourth-order valence-corrected chi connectivity index (χ4v) is 1.29. The lowest BCUT2D eigenvalue weighted by Crippen LogP contribution is -2.05. The number of carboxylic acid groups (broad SMARTS) is 1. The molecule has 0 radical (unpaired) electrons. The molecule has 0 saturated carbocycles. The van der Waals surface area contributed by atoms with Crippen LogP contribution >= 0.6 is 11.6 Å². The number of hydrogen-bond donors (Lipinski definition) is 2. The van der Waals surface area contributed by atoms with E-state index in [2.05, 4.69) is 22.1 Å². The zero-order chi connectivity index (χ0) is 12.0. The lowest BCUT2D eigenvalue weighted by Gasteiger charge is -2.05. The Morgan fingerprint density at radius 1 is 1.69 bits per heavy atom. The molecule has 0 saturated heterocycles. The number of aromatic carboxylic acids is 1. The van der Waals surface area contributed by atoms with E-state index in [1.165, 1.54) is 12.3 Å². The molecule has 84 valence electrons. The third-order valence-corrected chi connectivity index (χ3v) is 2.10. The van der Waals surface area contributed by atoms with Gasteiger partial charge in [-0.3, -0.25) is 0 Å². The first kappa shape index (κ1) is 12.3. The summed E-state index contributed by atoms with van der Waals surface area (Å²) in [6.07, 6.45) is 1.96. The smallest absolute Gasteiger partial charge is 0.337 e. The van der Waals surface area contributed by atoms with Crippen molar-refractivity contribution in [1.29, 1.82) is 0 Å². The summed E-state index contributed by atoms with van der Waals surface area (Å²) in [5.41, 5.74) is 0.0731. The summed E-state index contributed by atoms with van der Waals surface area (Å²) in [5.74, 6) is 5.09. The van der Waals surface area contributed by atoms with E-state index in [0.717, 1.165) is 0 Å². The van der Waals surface area contributed by atoms with Crippen LogP contribution in [0.3, 0.4) is 0 Å². The van der Waals surface area contributed by atoms with Crippen LogP contribution in [0, 0.1) is 11.8 Å². The maximum Gasteiger partial charge on any atom is 0.337 e. The fourth-order valence-electron chi connectivity index (χ4n) is 1.05. The van der Waals surface area contributed by atoms with Crippen molar-refractivity contribution in [2.45, 2.75) is 13.3 Å². The van der Waals surface area contributed by atoms with Gasteiger partial charge >= 0.3 is 5.97 Å². The predicted octanol–water partition coefficient (Wildman–Crippen LogP) is 2.26. The Hall–Kier alpha value is -1.73. The molecule has 5 heteroatoms. The van der Waals surface area contributed by atoms with Gasteiger partial charge in [-0.1, -0.05) is 11.6 Å². The number of carbonyl (C=O) groups is 1. The summed E-state index contributed by atoms with van der Waals surface area (Å²) in [4.78, 5) is 14.6. The minimum Gasteiger partial charge on any atom is -0.478 e. The molecule has 0 aromatic carbocycles. The van der Waals surface area contributed by atoms with Crippen molar-refractivity contribution < 1.29 is 9.90 Å². The highest BCUT2D eigenvalue weighted by molar-refractivity contribution is 6.33. The molecule has 1 rings (SSSR count). The van der Waals surface area contributed by atoms with Gasteiger partial charge in [-0.25, -0.2) is 9.78 Å². The maximum absolute atomic E-state index is 10.6. The second-order valence-corrected chi connectivity index (χ2v) is 3.37. The first-order valence-corrected chi connectivity index (χ1v) is 5.05. The molecular weight excluding hydrogens is 228 g/mol. The number of nitrogens with one attached hydrogen (secondary N) is 1. The van der Waals surface area contributed by atoms with Gasteiger partial charge < -0.3 is 10.4 Å². The highest BCUT2D eigenvalue weighted by atomic mass is 35.5. The number of hydrogen-bond acceptors (Lipinski definition) is 3. The Kier molecular flexibility index (Phi) is 4.62. The number of pyridine rings is 1. The van der Waals surface area contributed by atoms with E-state index in [1.807, 2.05) is 0 Å². The van der Waals surface area contributed by atoms with Crippen LogP contribution < -0.4 is 5.32 Å². The van der Waals surface area contributed by atoms with Crippen molar-refractivity contribution in [3.05, 3.63) is 22.8 Å². The molecule has 0 aliphatic heterocycles. The molecule has 0 spiro atoms. The van der Waals surface area contributed by atoms with Crippen molar-refractivity contribution in [2.75, 3.05) is 11.9 Å². The minimum atomic E-state index is -1.04. The van der Waals surface area contributed by atoms with Gasteiger partial charge in [0.25, 0.3) is 0 Å². The minimum absolute atomic E-state index is 0.0731. The van der Waals surface area contributed by atoms with Gasteiger partial charge in [-0.2, -0.15) is 0 Å². The van der Waals surface area contributed by atoms with E-state index in [1.54, 1.807) is 6.92 Å². The lowest BCUT2D eigenvalue weighted by molar-refractivity contribution is 0.0696. The molecule has 0 aliphatic carbocycles. The average molecular weight is 239 g/mol. The molecule has 1 aromatic heterocycles. The molecule has 0 unspecified atom stereocenters. The third kappa shape index (κ3) is 3.44. The van der Waals surface area contributed by atoms with Crippen molar-refractivity contribution in [1.82, 2.24) is 4.98 Å². The van der Waals surface area contributed by atoms with Gasteiger partial charge in [0.05, 0.1) is 10.6 Å². The molecule has 1 heterocycles. The highest BCUT2D eigenvalue weighted by Crippen LogP contribution is 2.19. The van der Waals surface area contributed by atoms with Gasteiger partial charge in [0.1, 0.15) is 5.82 Å². The standard InChI is InChI=1S/C11H11ClN2O2/c1-2-3-4-5-13-10-9(12)6-8(7-14-10)11(15)16/h6-7H,4-5H2,1H3,(H,13,14)(H,15,16). The summed E-state index contributed by atoms with van der Waals surface area (Å²) < 4.78 is 0. The van der Waals surface area contributed by atoms with Crippen LogP contribution in [0.5, 0.6) is 0 Å². The Morgan fingerprint density at radius 2 is 2.44 bits per heavy atom. The molecule has 0 atom stereocenters. The van der Waals surface area contributed by atoms with Crippen LogP contribution in [-0.4, -0.2) is 22.6 Å². The highest BCUT2D eigenvalue weighted by Gasteiger charge is 2.07. The van der Waals surface area contributed by atoms with Crippen LogP contribution in [-0.2, 0) is 0 Å². The Balaban J connectivity index is 2.67. The Labute approximate surface area is 98.6 Å². The topological polar surface area (TPSA) is 62.2 Å². The van der Waals surface area contributed by atoms with Gasteiger partial charge in [0.2, 0.25) is 0 Å². The number of anilines is 1. The number of carboxylic acids is 1. The van der Waals surface area contributed by atoms with Gasteiger partial charge in [-0.15, -0.1) is 11.8 Å². The Bertz CT molecular complexity index is 449. The van der Waals surface area contributed by atoms with Crippen LogP contribution in [0.15, 0.2) is 12.3 Å². The van der Waals surface area contributed by atoms with Crippen molar-refractivity contribution in [2.24, 2.45) is 0 Å². The number of halogens is 1. The fraction of sp³-hybridized carbons (Fsp3) is 0.273. The van der Waals surface area contributed by atoms with Crippen molar-refractivity contribution >= 4 is 23.4 Å². The molecule has 2 N–H and O–H groups in total. The summed E-state index contributed by atoms with van der Waals surface area (Å²) >= 11 is 5.86. The Morgan fingerprint density at radius 3 is 3.00 bits per heavy atom. The quantitative estimate of drug-likeness (QED) is 0.624. The summed E-state index contributed by atoms with van der Waals surface area (Å²) in [5, 5.41) is 12.0. The van der Waals surface area contributed by atoms with E-state index >= 15 is 0 Å². The van der Waals surface area contributed by atoms with Gasteiger partial charge in [0, 0.05) is 19.2 Å². The largest absolute Gasteiger partial charge is 0.478 e. The van der Waals surface area contributed by atoms with Crippen molar-refractivity contribution in [3.8, 4) is 11.8 Å². The maximum atomic E-state index is 10.6. The third-order valence-electron chi connectivity index (χ3n) is 1.81. The molecule has 0 fully saturated rings. The van der Waals surface area contributed by atoms with Crippen LogP contribution in [0.25, 0.3) is 0 Å². The van der Waals surface area contributed by atoms with E-state index in [9.17, 15) is 4.79 Å². The molecule has 16 heavy (non-hydrogen) atoms. The van der Waals surface area contributed by atoms with Crippen LogP contribution in [0.1, 0.15) is 23.7 Å².